The fourth-order valence-electron chi connectivity index (χ4n) is 6.91. The molecule has 65 heavy (non-hydrogen) atoms. The molecular weight excluding hydrogens is 839 g/mol. The molecule has 1 heterocycles. The van der Waals surface area contributed by atoms with Crippen molar-refractivity contribution >= 4 is 64.1 Å². The Morgan fingerprint density at radius 1 is 0.723 bits per heavy atom. The molecule has 0 aliphatic carbocycles. The molecule has 14 N–H and O–H groups in total. The van der Waals surface area contributed by atoms with Crippen molar-refractivity contribution < 1.29 is 38.4 Å². The number of carbonyl (C=O) groups excluding carboxylic acids is 8. The molecule has 3 atom stereocenters. The Labute approximate surface area is 378 Å². The van der Waals surface area contributed by atoms with E-state index >= 15 is 0 Å². The van der Waals surface area contributed by atoms with Crippen molar-refractivity contribution in [3.8, 4) is 0 Å². The summed E-state index contributed by atoms with van der Waals surface area (Å²) in [6.07, 6.45) is 4.90. The van der Waals surface area contributed by atoms with E-state index in [0.717, 1.165) is 17.3 Å². The van der Waals surface area contributed by atoms with E-state index in [1.807, 2.05) is 31.2 Å². The minimum atomic E-state index is -1.19. The monoisotopic (exact) mass is 904 g/mol. The molecule has 8 amide bonds. The van der Waals surface area contributed by atoms with E-state index in [9.17, 15) is 38.4 Å². The van der Waals surface area contributed by atoms with E-state index in [-0.39, 0.29) is 44.9 Å². The number of para-hydroxylation sites is 1. The second kappa shape index (κ2) is 27.9. The summed E-state index contributed by atoms with van der Waals surface area (Å²) in [7, 11) is 0. The van der Waals surface area contributed by atoms with E-state index in [1.165, 1.54) is 16.7 Å². The van der Waals surface area contributed by atoms with Crippen LogP contribution in [0.15, 0.2) is 65.8 Å². The zero-order valence-electron chi connectivity index (χ0n) is 37.2. The van der Waals surface area contributed by atoms with Gasteiger partial charge in [-0.25, -0.2) is 0 Å². The number of hydrogen-bond acceptors (Lipinski definition) is 10. The van der Waals surface area contributed by atoms with Gasteiger partial charge in [0.2, 0.25) is 47.3 Å². The molecule has 0 unspecified atom stereocenters. The van der Waals surface area contributed by atoms with E-state index < -0.39 is 91.6 Å². The van der Waals surface area contributed by atoms with Crippen molar-refractivity contribution in [3.63, 3.8) is 0 Å². The molecular formula is C44H65N13O8. The molecule has 0 aliphatic rings. The van der Waals surface area contributed by atoms with Crippen LogP contribution in [-0.2, 0) is 51.3 Å². The number of H-pyrrole nitrogens is 1. The summed E-state index contributed by atoms with van der Waals surface area (Å²) in [5, 5.41) is 13.8. The first-order valence-electron chi connectivity index (χ1n) is 21.7. The summed E-state index contributed by atoms with van der Waals surface area (Å²) in [4.78, 5) is 115. The topological polar surface area (TPSA) is 335 Å². The predicted octanol–water partition coefficient (Wildman–Crippen LogP) is -1.26. The quantitative estimate of drug-likeness (QED) is 0.0223. The first kappa shape index (κ1) is 52.3. The van der Waals surface area contributed by atoms with Gasteiger partial charge in [-0.2, -0.15) is 0 Å². The Kier molecular flexibility index (Phi) is 22.5. The number of unbranched alkanes of at least 4 members (excludes halogenated alkanes) is 2. The third-order valence-electron chi connectivity index (χ3n) is 10.2. The average Bonchev–Trinajstić information content (AvgIpc) is 3.68. The van der Waals surface area contributed by atoms with E-state index in [4.69, 9.17) is 22.9 Å². The third-order valence-corrected chi connectivity index (χ3v) is 10.2. The summed E-state index contributed by atoms with van der Waals surface area (Å²) in [6, 6.07) is 13.1. The highest BCUT2D eigenvalue weighted by Gasteiger charge is 2.31. The molecule has 3 aromatic rings. The number of carbonyl (C=O) groups is 8. The number of rotatable bonds is 29. The number of primary amides is 1. The maximum atomic E-state index is 14.5. The average molecular weight is 904 g/mol. The summed E-state index contributed by atoms with van der Waals surface area (Å²) >= 11 is 0. The summed E-state index contributed by atoms with van der Waals surface area (Å²) in [5.74, 6) is -5.23. The number of aliphatic imine (C=N–C) groups is 1. The standard InChI is InChI=1S/C44H65N13O8/c1-3-4-16-34(53-29(2)58)41(63)52-25-38(60)54-35(18-10-11-19-45)43(65)57(26-30-13-6-5-7-14-30)28-40(62)56(21-12-20-49-44(47)48)27-39(61)55-36(42(64)51-24-37(46)59)22-31-23-50-33-17-9-8-15-32(31)33/h5-9,13-15,17,23,34-36,50H,3-4,10-12,16,18-22,24-28,45H2,1-2H3,(H2,46,59)(H,51,64)(H,52,63)(H,53,58)(H,54,60)(H,55,61)(H4,47,48,49)/t34-,35-,36-/m0/s1. The van der Waals surface area contributed by atoms with Crippen molar-refractivity contribution in [2.45, 2.75) is 89.9 Å². The van der Waals surface area contributed by atoms with E-state index in [2.05, 4.69) is 36.6 Å². The molecule has 0 fully saturated rings. The lowest BCUT2D eigenvalue weighted by molar-refractivity contribution is -0.144. The summed E-state index contributed by atoms with van der Waals surface area (Å²) in [5.41, 5.74) is 24.3. The van der Waals surface area contributed by atoms with E-state index in [1.54, 1.807) is 36.5 Å². The highest BCUT2D eigenvalue weighted by molar-refractivity contribution is 5.95. The largest absolute Gasteiger partial charge is 0.370 e. The van der Waals surface area contributed by atoms with Crippen LogP contribution in [0.4, 0.5) is 0 Å². The van der Waals surface area contributed by atoms with Crippen LogP contribution >= 0.6 is 0 Å². The molecule has 2 aromatic carbocycles. The molecule has 1 aromatic heterocycles. The van der Waals surface area contributed by atoms with Gasteiger partial charge in [-0.05, 0) is 55.8 Å². The van der Waals surface area contributed by atoms with Crippen LogP contribution in [0.5, 0.6) is 0 Å². The van der Waals surface area contributed by atoms with Crippen LogP contribution in [-0.4, -0.2) is 132 Å². The molecule has 0 spiro atoms. The molecule has 21 heteroatoms. The van der Waals surface area contributed by atoms with Gasteiger partial charge in [0.1, 0.15) is 24.7 Å². The maximum absolute atomic E-state index is 14.5. The normalized spacial score (nSPS) is 12.2. The van der Waals surface area contributed by atoms with Crippen LogP contribution in [0.3, 0.4) is 0 Å². The van der Waals surface area contributed by atoms with Gasteiger partial charge in [-0.1, -0.05) is 68.3 Å². The number of aromatic nitrogens is 1. The van der Waals surface area contributed by atoms with Crippen molar-refractivity contribution in [2.24, 2.45) is 27.9 Å². The van der Waals surface area contributed by atoms with Crippen LogP contribution in [0.2, 0.25) is 0 Å². The first-order valence-corrected chi connectivity index (χ1v) is 21.7. The molecule has 0 aliphatic heterocycles. The van der Waals surface area contributed by atoms with Crippen LogP contribution in [0, 0.1) is 0 Å². The number of hydrogen-bond donors (Lipinski definition) is 10. The Morgan fingerprint density at radius 2 is 1.38 bits per heavy atom. The molecule has 0 saturated carbocycles. The van der Waals surface area contributed by atoms with Gasteiger partial charge in [0, 0.05) is 50.1 Å². The van der Waals surface area contributed by atoms with Gasteiger partial charge in [0.05, 0.1) is 19.6 Å². The van der Waals surface area contributed by atoms with Crippen LogP contribution < -0.4 is 49.5 Å². The second-order valence-electron chi connectivity index (χ2n) is 15.5. The second-order valence-corrected chi connectivity index (χ2v) is 15.5. The minimum Gasteiger partial charge on any atom is -0.370 e. The van der Waals surface area contributed by atoms with Gasteiger partial charge in [0.15, 0.2) is 5.96 Å². The fraction of sp³-hybridized carbons (Fsp3) is 0.477. The minimum absolute atomic E-state index is 0.0217. The number of fused-ring (bicyclic) bond motifs is 1. The van der Waals surface area contributed by atoms with Gasteiger partial charge < -0.3 is 64.3 Å². The third kappa shape index (κ3) is 19.1. The Bertz CT molecular complexity index is 2090. The Hall–Kier alpha value is -7.03. The molecule has 0 radical (unpaired) electrons. The fourth-order valence-corrected chi connectivity index (χ4v) is 6.91. The lowest BCUT2D eigenvalue weighted by atomic mass is 10.0. The molecule has 0 bridgehead atoms. The number of benzene rings is 2. The number of aromatic amines is 1. The molecule has 3 rings (SSSR count). The predicted molar refractivity (Wildman–Crippen MR) is 245 cm³/mol. The molecule has 354 valence electrons. The highest BCUT2D eigenvalue weighted by Crippen LogP contribution is 2.19. The van der Waals surface area contributed by atoms with Gasteiger partial charge >= 0.3 is 0 Å². The zero-order chi connectivity index (χ0) is 47.7. The van der Waals surface area contributed by atoms with E-state index in [0.29, 0.717) is 43.4 Å². The van der Waals surface area contributed by atoms with Crippen molar-refractivity contribution in [3.05, 3.63) is 71.9 Å². The Balaban J connectivity index is 1.89. The molecule has 21 nitrogen and oxygen atoms in total. The van der Waals surface area contributed by atoms with Crippen molar-refractivity contribution in [1.82, 2.24) is 41.4 Å². The van der Waals surface area contributed by atoms with Crippen LogP contribution in [0.25, 0.3) is 10.9 Å². The van der Waals surface area contributed by atoms with Gasteiger partial charge in [-0.15, -0.1) is 0 Å². The first-order chi connectivity index (χ1) is 31.1. The number of amides is 8. The lowest BCUT2D eigenvalue weighted by Gasteiger charge is -2.31. The number of nitrogens with one attached hydrogen (secondary N) is 6. The van der Waals surface area contributed by atoms with Crippen molar-refractivity contribution in [2.75, 3.05) is 45.8 Å². The Morgan fingerprint density at radius 3 is 2.06 bits per heavy atom. The smallest absolute Gasteiger partial charge is 0.245 e. The number of nitrogens with two attached hydrogens (primary N) is 4. The molecule has 0 saturated heterocycles. The highest BCUT2D eigenvalue weighted by atomic mass is 16.2. The summed E-state index contributed by atoms with van der Waals surface area (Å²) in [6.45, 7) is 1.54. The number of guanidine groups is 1. The lowest BCUT2D eigenvalue weighted by Crippen LogP contribution is -2.55. The zero-order valence-corrected chi connectivity index (χ0v) is 37.2. The summed E-state index contributed by atoms with van der Waals surface area (Å²) < 4.78 is 0. The van der Waals surface area contributed by atoms with Crippen LogP contribution in [0.1, 0.15) is 69.9 Å². The SMILES string of the molecule is CCCC[C@H](NC(C)=O)C(=O)NCC(=O)N[C@@H](CCCCN)C(=O)N(CC(=O)N(CCCN=C(N)N)CC(=O)N[C@@H](Cc1c[nH]c2ccccc12)C(=O)NCC(N)=O)Cc1ccccc1. The van der Waals surface area contributed by atoms with Gasteiger partial charge in [0.25, 0.3) is 0 Å². The number of nitrogens with zero attached hydrogens (tertiary/aromatic N) is 3. The maximum Gasteiger partial charge on any atom is 0.245 e. The van der Waals surface area contributed by atoms with Gasteiger partial charge in [-0.3, -0.25) is 43.3 Å². The van der Waals surface area contributed by atoms with Crippen molar-refractivity contribution in [1.29, 1.82) is 0 Å².